The van der Waals surface area contributed by atoms with Crippen molar-refractivity contribution in [2.45, 2.75) is 36.9 Å². The Morgan fingerprint density at radius 2 is 2.04 bits per heavy atom. The summed E-state index contributed by atoms with van der Waals surface area (Å²) in [5.41, 5.74) is 6.87. The maximum Gasteiger partial charge on any atom is 0.252 e. The van der Waals surface area contributed by atoms with Crippen molar-refractivity contribution in [1.29, 1.82) is 0 Å². The highest BCUT2D eigenvalue weighted by Gasteiger charge is 2.48. The predicted octanol–water partition coefficient (Wildman–Crippen LogP) is 1.30. The minimum absolute atomic E-state index is 0.251. The van der Waals surface area contributed by atoms with Crippen LogP contribution in [0.4, 0.5) is 0 Å². The van der Waals surface area contributed by atoms with Crippen LogP contribution in [0.2, 0.25) is 0 Å². The van der Waals surface area contributed by atoms with E-state index in [1.807, 2.05) is 35.7 Å². The summed E-state index contributed by atoms with van der Waals surface area (Å²) in [7, 11) is 3.11. The van der Waals surface area contributed by atoms with Crippen LogP contribution in [0.25, 0.3) is 0 Å². The minimum atomic E-state index is -0.785. The molecule has 3 rings (SSSR count). The number of thiazole rings is 1. The second kappa shape index (κ2) is 9.38. The normalized spacial score (nSPS) is 26.0. The summed E-state index contributed by atoms with van der Waals surface area (Å²) in [5, 5.41) is 5.81. The number of nitrogens with two attached hydrogens (primary N) is 1. The summed E-state index contributed by atoms with van der Waals surface area (Å²) in [4.78, 5) is 17.4. The molecule has 1 saturated heterocycles. The number of methoxy groups -OCH3 is 2. The number of aromatic nitrogens is 1. The van der Waals surface area contributed by atoms with Gasteiger partial charge in [0.25, 0.3) is 5.91 Å². The Morgan fingerprint density at radius 3 is 2.63 bits per heavy atom. The molecular weight excluding hydrogens is 366 g/mol. The van der Waals surface area contributed by atoms with Gasteiger partial charge >= 0.3 is 0 Å². The van der Waals surface area contributed by atoms with Crippen LogP contribution in [-0.2, 0) is 25.4 Å². The standard InChI is InChI=1S/C19H25N3O4S/c1-24-15-14(11-20)26-17(16(15)25-2)18(23)22-13(19-21-8-9-27-19)10-12-6-4-3-5-7-12/h3-9,13-17H,10-11,20H2,1-2H3,(H,22,23)/t13-,14+,15+,16-,17-/m0/s1. The maximum atomic E-state index is 13.0. The molecule has 5 atom stereocenters. The summed E-state index contributed by atoms with van der Waals surface area (Å²) >= 11 is 1.51. The van der Waals surface area contributed by atoms with Crippen LogP contribution >= 0.6 is 11.3 Å². The lowest BCUT2D eigenvalue weighted by atomic mass is 10.0. The van der Waals surface area contributed by atoms with Gasteiger partial charge in [0.2, 0.25) is 0 Å². The molecule has 3 N–H and O–H groups in total. The molecule has 27 heavy (non-hydrogen) atoms. The van der Waals surface area contributed by atoms with Crippen molar-refractivity contribution in [2.24, 2.45) is 5.73 Å². The van der Waals surface area contributed by atoms with E-state index in [1.165, 1.54) is 11.3 Å². The van der Waals surface area contributed by atoms with E-state index in [2.05, 4.69) is 10.3 Å². The Morgan fingerprint density at radius 1 is 1.30 bits per heavy atom. The van der Waals surface area contributed by atoms with E-state index in [0.29, 0.717) is 6.42 Å². The Kier molecular flexibility index (Phi) is 6.92. The lowest BCUT2D eigenvalue weighted by Crippen LogP contribution is -2.45. The number of hydrogen-bond acceptors (Lipinski definition) is 7. The minimum Gasteiger partial charge on any atom is -0.376 e. The third-order valence-electron chi connectivity index (χ3n) is 4.69. The molecule has 1 aliphatic heterocycles. The molecule has 0 spiro atoms. The van der Waals surface area contributed by atoms with E-state index in [0.717, 1.165) is 10.6 Å². The lowest BCUT2D eigenvalue weighted by Gasteiger charge is -2.23. The highest BCUT2D eigenvalue weighted by atomic mass is 32.1. The molecule has 0 aliphatic carbocycles. The molecule has 7 nitrogen and oxygen atoms in total. The van der Waals surface area contributed by atoms with E-state index in [1.54, 1.807) is 20.4 Å². The van der Waals surface area contributed by atoms with Crippen molar-refractivity contribution in [3.05, 3.63) is 52.5 Å². The van der Waals surface area contributed by atoms with Gasteiger partial charge in [0, 0.05) is 32.3 Å². The van der Waals surface area contributed by atoms with Crippen LogP contribution < -0.4 is 11.1 Å². The number of amides is 1. The number of rotatable bonds is 8. The Hall–Kier alpha value is -1.84. The molecule has 8 heteroatoms. The van der Waals surface area contributed by atoms with Crippen LogP contribution in [0.1, 0.15) is 16.6 Å². The van der Waals surface area contributed by atoms with E-state index in [-0.39, 0.29) is 30.7 Å². The van der Waals surface area contributed by atoms with E-state index in [9.17, 15) is 4.79 Å². The average molecular weight is 391 g/mol. The summed E-state index contributed by atoms with van der Waals surface area (Å²) < 4.78 is 16.8. The summed E-state index contributed by atoms with van der Waals surface area (Å²) in [6, 6.07) is 9.73. The fourth-order valence-corrected chi connectivity index (χ4v) is 4.07. The van der Waals surface area contributed by atoms with Crippen molar-refractivity contribution in [3.63, 3.8) is 0 Å². The van der Waals surface area contributed by atoms with Crippen LogP contribution in [0, 0.1) is 0 Å². The van der Waals surface area contributed by atoms with Gasteiger partial charge < -0.3 is 25.3 Å². The van der Waals surface area contributed by atoms with Gasteiger partial charge in [0.15, 0.2) is 6.10 Å². The molecule has 0 bridgehead atoms. The van der Waals surface area contributed by atoms with E-state index < -0.39 is 12.2 Å². The second-order valence-corrected chi connectivity index (χ2v) is 7.28. The van der Waals surface area contributed by atoms with E-state index >= 15 is 0 Å². The first kappa shape index (κ1) is 19.9. The molecule has 1 aromatic heterocycles. The molecule has 1 fully saturated rings. The second-order valence-electron chi connectivity index (χ2n) is 6.35. The number of hydrogen-bond donors (Lipinski definition) is 2. The number of carbonyl (C=O) groups is 1. The van der Waals surface area contributed by atoms with Gasteiger partial charge in [-0.15, -0.1) is 11.3 Å². The zero-order chi connectivity index (χ0) is 19.2. The number of ether oxygens (including phenoxy) is 3. The largest absolute Gasteiger partial charge is 0.376 e. The first-order chi connectivity index (χ1) is 13.2. The van der Waals surface area contributed by atoms with Gasteiger partial charge in [0.1, 0.15) is 17.2 Å². The number of nitrogens with one attached hydrogen (secondary N) is 1. The van der Waals surface area contributed by atoms with E-state index in [4.69, 9.17) is 19.9 Å². The molecule has 0 unspecified atom stereocenters. The smallest absolute Gasteiger partial charge is 0.252 e. The zero-order valence-electron chi connectivity index (χ0n) is 15.4. The first-order valence-corrected chi connectivity index (χ1v) is 9.70. The molecule has 1 aromatic carbocycles. The van der Waals surface area contributed by atoms with Gasteiger partial charge in [-0.2, -0.15) is 0 Å². The van der Waals surface area contributed by atoms with Gasteiger partial charge in [-0.3, -0.25) is 4.79 Å². The summed E-state index contributed by atoms with van der Waals surface area (Å²) in [6.45, 7) is 0.252. The molecule has 1 amide bonds. The molecule has 0 saturated carbocycles. The first-order valence-electron chi connectivity index (χ1n) is 8.82. The highest BCUT2D eigenvalue weighted by molar-refractivity contribution is 7.09. The van der Waals surface area contributed by atoms with Gasteiger partial charge in [-0.05, 0) is 12.0 Å². The topological polar surface area (TPSA) is 95.7 Å². The van der Waals surface area contributed by atoms with Crippen LogP contribution in [0.5, 0.6) is 0 Å². The Balaban J connectivity index is 1.76. The zero-order valence-corrected chi connectivity index (χ0v) is 16.2. The molecule has 2 heterocycles. The molecule has 0 radical (unpaired) electrons. The number of benzene rings is 1. The van der Waals surface area contributed by atoms with Crippen molar-refractivity contribution < 1.29 is 19.0 Å². The van der Waals surface area contributed by atoms with Crippen molar-refractivity contribution >= 4 is 17.2 Å². The molecule has 1 aliphatic rings. The summed E-state index contributed by atoms with van der Waals surface area (Å²) in [5.74, 6) is -0.254. The number of carbonyl (C=O) groups excluding carboxylic acids is 1. The van der Waals surface area contributed by atoms with Crippen molar-refractivity contribution in [1.82, 2.24) is 10.3 Å². The third-order valence-corrected chi connectivity index (χ3v) is 5.58. The molecule has 146 valence electrons. The van der Waals surface area contributed by atoms with Gasteiger partial charge in [-0.1, -0.05) is 30.3 Å². The van der Waals surface area contributed by atoms with Crippen LogP contribution in [0.15, 0.2) is 41.9 Å². The molecular formula is C19H25N3O4S. The van der Waals surface area contributed by atoms with Crippen molar-refractivity contribution in [3.8, 4) is 0 Å². The van der Waals surface area contributed by atoms with Crippen LogP contribution in [0.3, 0.4) is 0 Å². The van der Waals surface area contributed by atoms with Gasteiger partial charge in [-0.25, -0.2) is 4.98 Å². The maximum absolute atomic E-state index is 13.0. The quantitative estimate of drug-likeness (QED) is 0.704. The average Bonchev–Trinajstić information content (AvgIpc) is 3.35. The fourth-order valence-electron chi connectivity index (χ4n) is 3.38. The monoisotopic (exact) mass is 391 g/mol. The predicted molar refractivity (Wildman–Crippen MR) is 102 cm³/mol. The summed E-state index contributed by atoms with van der Waals surface area (Å²) in [6.07, 6.45) is 0.299. The van der Waals surface area contributed by atoms with Gasteiger partial charge in [0.05, 0.1) is 12.1 Å². The van der Waals surface area contributed by atoms with Crippen molar-refractivity contribution in [2.75, 3.05) is 20.8 Å². The van der Waals surface area contributed by atoms with Crippen LogP contribution in [-0.4, -0.2) is 56.1 Å². The number of nitrogens with zero attached hydrogens (tertiary/aromatic N) is 1. The Labute approximate surface area is 162 Å². The highest BCUT2D eigenvalue weighted by Crippen LogP contribution is 2.27. The molecule has 2 aromatic rings. The SMILES string of the molecule is CO[C@H]1[C@H](OC)[C@@H](CN)O[C@@H]1C(=O)N[C@@H](Cc1ccccc1)c1nccs1. The third kappa shape index (κ3) is 4.53. The fraction of sp³-hybridized carbons (Fsp3) is 0.474. The Bertz CT molecular complexity index is 713. The lowest BCUT2D eigenvalue weighted by molar-refractivity contribution is -0.137.